The van der Waals surface area contributed by atoms with Gasteiger partial charge in [0, 0.05) is 0 Å². The van der Waals surface area contributed by atoms with Crippen molar-refractivity contribution < 1.29 is 19.7 Å². The molecule has 3 aromatic rings. The highest BCUT2D eigenvalue weighted by molar-refractivity contribution is 5.43. The summed E-state index contributed by atoms with van der Waals surface area (Å²) < 4.78 is 10.4. The number of hydrogen-bond donors (Lipinski definition) is 2. The molecule has 4 heteroatoms. The normalized spacial score (nSPS) is 14.3. The summed E-state index contributed by atoms with van der Waals surface area (Å²) in [5.41, 5.74) is 0.163. The van der Waals surface area contributed by atoms with Crippen LogP contribution in [0.5, 0.6) is 11.5 Å². The van der Waals surface area contributed by atoms with Gasteiger partial charge in [-0.3, -0.25) is 0 Å². The molecule has 0 aromatic heterocycles. The number of hydrogen-bond acceptors (Lipinski definition) is 4. The van der Waals surface area contributed by atoms with Crippen LogP contribution >= 0.6 is 0 Å². The third-order valence-electron chi connectivity index (χ3n) is 4.57. The molecular weight excluding hydrogens is 328 g/mol. The molecule has 0 saturated heterocycles. The molecule has 0 heterocycles. The van der Waals surface area contributed by atoms with E-state index in [-0.39, 0.29) is 0 Å². The highest BCUT2D eigenvalue weighted by atomic mass is 16.5. The van der Waals surface area contributed by atoms with E-state index < -0.39 is 11.7 Å². The van der Waals surface area contributed by atoms with Crippen molar-refractivity contribution >= 4 is 0 Å². The van der Waals surface area contributed by atoms with Crippen molar-refractivity contribution in [2.45, 2.75) is 11.7 Å². The quantitative estimate of drug-likeness (QED) is 0.712. The maximum Gasteiger partial charge on any atom is 0.145 e. The van der Waals surface area contributed by atoms with Crippen LogP contribution in [0.4, 0.5) is 0 Å². The topological polar surface area (TPSA) is 58.9 Å². The van der Waals surface area contributed by atoms with Gasteiger partial charge in [0.15, 0.2) is 0 Å². The van der Waals surface area contributed by atoms with Gasteiger partial charge < -0.3 is 19.7 Å². The van der Waals surface area contributed by atoms with Crippen LogP contribution in [0.25, 0.3) is 0 Å². The Bertz CT molecular complexity index is 828. The minimum Gasteiger partial charge on any atom is -0.497 e. The zero-order valence-corrected chi connectivity index (χ0v) is 14.8. The Morgan fingerprint density at radius 2 is 1.15 bits per heavy atom. The van der Waals surface area contributed by atoms with E-state index in [1.54, 1.807) is 74.9 Å². The van der Waals surface area contributed by atoms with E-state index in [4.69, 9.17) is 9.47 Å². The summed E-state index contributed by atoms with van der Waals surface area (Å²) in [7, 11) is 3.17. The summed E-state index contributed by atoms with van der Waals surface area (Å²) in [5, 5.41) is 22.8. The van der Waals surface area contributed by atoms with Gasteiger partial charge in [0.2, 0.25) is 0 Å². The number of benzene rings is 3. The first-order chi connectivity index (χ1) is 12.6. The minimum absolute atomic E-state index is 0.577. The van der Waals surface area contributed by atoms with E-state index in [0.29, 0.717) is 28.2 Å². The van der Waals surface area contributed by atoms with Crippen molar-refractivity contribution in [1.29, 1.82) is 0 Å². The summed E-state index contributed by atoms with van der Waals surface area (Å²) >= 11 is 0. The molecule has 3 rings (SSSR count). The van der Waals surface area contributed by atoms with Crippen LogP contribution in [0.1, 0.15) is 22.8 Å². The van der Waals surface area contributed by atoms with Crippen molar-refractivity contribution in [2.24, 2.45) is 0 Å². The second kappa shape index (κ2) is 7.60. The third-order valence-corrected chi connectivity index (χ3v) is 4.57. The fourth-order valence-electron chi connectivity index (χ4n) is 3.05. The van der Waals surface area contributed by atoms with Crippen LogP contribution in [-0.4, -0.2) is 24.4 Å². The number of rotatable bonds is 6. The summed E-state index contributed by atoms with van der Waals surface area (Å²) in [6.07, 6.45) is -1.16. The van der Waals surface area contributed by atoms with Crippen LogP contribution in [0.15, 0.2) is 78.9 Å². The summed E-state index contributed by atoms with van der Waals surface area (Å²) in [6, 6.07) is 23.2. The van der Waals surface area contributed by atoms with Gasteiger partial charge in [-0.05, 0) is 41.0 Å². The van der Waals surface area contributed by atoms with Gasteiger partial charge in [-0.1, -0.05) is 54.6 Å². The van der Waals surface area contributed by atoms with Gasteiger partial charge in [-0.25, -0.2) is 0 Å². The molecule has 2 unspecified atom stereocenters. The summed E-state index contributed by atoms with van der Waals surface area (Å²) in [6.45, 7) is 0. The number of methoxy groups -OCH3 is 2. The Morgan fingerprint density at radius 3 is 1.65 bits per heavy atom. The van der Waals surface area contributed by atoms with Gasteiger partial charge in [0.1, 0.15) is 23.2 Å². The Kier molecular flexibility index (Phi) is 5.26. The fourth-order valence-corrected chi connectivity index (χ4v) is 3.05. The average molecular weight is 350 g/mol. The van der Waals surface area contributed by atoms with E-state index in [9.17, 15) is 10.2 Å². The smallest absolute Gasteiger partial charge is 0.145 e. The zero-order chi connectivity index (χ0) is 18.6. The van der Waals surface area contributed by atoms with Crippen molar-refractivity contribution in [3.63, 3.8) is 0 Å². The van der Waals surface area contributed by atoms with E-state index >= 15 is 0 Å². The van der Waals surface area contributed by atoms with Gasteiger partial charge in [0.25, 0.3) is 0 Å². The molecule has 0 amide bonds. The Labute approximate surface area is 153 Å². The van der Waals surface area contributed by atoms with Crippen LogP contribution in [0.2, 0.25) is 0 Å². The molecule has 0 aliphatic heterocycles. The van der Waals surface area contributed by atoms with Crippen molar-refractivity contribution in [2.75, 3.05) is 14.2 Å². The third kappa shape index (κ3) is 3.29. The van der Waals surface area contributed by atoms with E-state index in [2.05, 4.69) is 0 Å². The van der Waals surface area contributed by atoms with E-state index in [0.717, 1.165) is 0 Å². The molecule has 0 fully saturated rings. The summed E-state index contributed by atoms with van der Waals surface area (Å²) in [4.78, 5) is 0. The monoisotopic (exact) mass is 350 g/mol. The molecule has 2 N–H and O–H groups in total. The molecule has 0 aliphatic carbocycles. The maximum atomic E-state index is 11.6. The molecule has 2 atom stereocenters. The molecule has 134 valence electrons. The predicted octanol–water partition coefficient (Wildman–Crippen LogP) is 3.67. The standard InChI is InChI=1S/C22H22O4/c1-25-19-12-8-16(9-13-19)21(23)22(24,17-6-4-3-5-7-17)18-10-14-20(26-2)15-11-18/h3-15,21,23-24H,1-2H3. The first-order valence-electron chi connectivity index (χ1n) is 8.34. The lowest BCUT2D eigenvalue weighted by Crippen LogP contribution is -2.35. The van der Waals surface area contributed by atoms with Gasteiger partial charge >= 0.3 is 0 Å². The summed E-state index contributed by atoms with van der Waals surface area (Å²) in [5.74, 6) is 1.37. The van der Waals surface area contributed by atoms with E-state index in [1.807, 2.05) is 18.2 Å². The lowest BCUT2D eigenvalue weighted by Gasteiger charge is -2.34. The largest absolute Gasteiger partial charge is 0.497 e. The predicted molar refractivity (Wildman–Crippen MR) is 100 cm³/mol. The molecule has 0 bridgehead atoms. The highest BCUT2D eigenvalue weighted by Gasteiger charge is 2.40. The van der Waals surface area contributed by atoms with Gasteiger partial charge in [0.05, 0.1) is 14.2 Å². The molecule has 4 nitrogen and oxygen atoms in total. The molecule has 0 saturated carbocycles. The zero-order valence-electron chi connectivity index (χ0n) is 14.8. The van der Waals surface area contributed by atoms with Crippen LogP contribution in [-0.2, 0) is 5.60 Å². The number of ether oxygens (including phenoxy) is 2. The highest BCUT2D eigenvalue weighted by Crippen LogP contribution is 2.41. The fraction of sp³-hybridized carbons (Fsp3) is 0.182. The Hall–Kier alpha value is -2.82. The molecule has 26 heavy (non-hydrogen) atoms. The Balaban J connectivity index is 2.10. The Morgan fingerprint density at radius 1 is 0.692 bits per heavy atom. The van der Waals surface area contributed by atoms with Crippen LogP contribution in [0.3, 0.4) is 0 Å². The number of aliphatic hydroxyl groups excluding tert-OH is 1. The van der Waals surface area contributed by atoms with Gasteiger partial charge in [-0.15, -0.1) is 0 Å². The number of aliphatic hydroxyl groups is 2. The van der Waals surface area contributed by atoms with E-state index in [1.165, 1.54) is 0 Å². The maximum absolute atomic E-state index is 11.6. The molecule has 0 spiro atoms. The van der Waals surface area contributed by atoms with Crippen molar-refractivity contribution in [3.8, 4) is 11.5 Å². The molecule has 0 aliphatic rings. The SMILES string of the molecule is COc1ccc(C(O)C(O)(c2ccccc2)c2ccc(OC)cc2)cc1. The molecule has 0 radical (unpaired) electrons. The first-order valence-corrected chi connectivity index (χ1v) is 8.34. The second-order valence-electron chi connectivity index (χ2n) is 6.04. The second-order valence-corrected chi connectivity index (χ2v) is 6.04. The van der Waals surface area contributed by atoms with Crippen LogP contribution in [0, 0.1) is 0 Å². The van der Waals surface area contributed by atoms with Gasteiger partial charge in [-0.2, -0.15) is 0 Å². The average Bonchev–Trinajstić information content (AvgIpc) is 2.73. The minimum atomic E-state index is -1.61. The van der Waals surface area contributed by atoms with Crippen molar-refractivity contribution in [3.05, 3.63) is 95.6 Å². The van der Waals surface area contributed by atoms with Crippen molar-refractivity contribution in [1.82, 2.24) is 0 Å². The lowest BCUT2D eigenvalue weighted by atomic mass is 9.79. The molecular formula is C22H22O4. The first kappa shape index (κ1) is 18.0. The molecule has 3 aromatic carbocycles. The lowest BCUT2D eigenvalue weighted by molar-refractivity contribution is -0.0518. The van der Waals surface area contributed by atoms with Crippen LogP contribution < -0.4 is 9.47 Å².